The largest absolute Gasteiger partial charge is 0.494 e. The summed E-state index contributed by atoms with van der Waals surface area (Å²) in [6, 6.07) is 5.96. The number of aryl methyl sites for hydroxylation is 1. The van der Waals surface area contributed by atoms with E-state index in [1.165, 1.54) is 25.9 Å². The van der Waals surface area contributed by atoms with Crippen LogP contribution in [0.4, 0.5) is 0 Å². The van der Waals surface area contributed by atoms with Gasteiger partial charge in [0.05, 0.1) is 6.61 Å². The first kappa shape index (κ1) is 15.7. The molecule has 3 heteroatoms. The van der Waals surface area contributed by atoms with Crippen molar-refractivity contribution >= 4 is 11.6 Å². The Morgan fingerprint density at radius 3 is 3.00 bits per heavy atom. The maximum atomic E-state index is 6.11. The van der Waals surface area contributed by atoms with Gasteiger partial charge < -0.3 is 9.64 Å². The van der Waals surface area contributed by atoms with Crippen LogP contribution in [0.15, 0.2) is 18.2 Å². The number of nitrogens with zero attached hydrogens (tertiary/aromatic N) is 1. The fourth-order valence-corrected chi connectivity index (χ4v) is 3.13. The highest BCUT2D eigenvalue weighted by Crippen LogP contribution is 2.22. The lowest BCUT2D eigenvalue weighted by molar-refractivity contribution is 0.170. The van der Waals surface area contributed by atoms with Gasteiger partial charge in [-0.15, -0.1) is 0 Å². The van der Waals surface area contributed by atoms with E-state index in [9.17, 15) is 0 Å². The van der Waals surface area contributed by atoms with Crippen molar-refractivity contribution in [1.82, 2.24) is 4.90 Å². The third-order valence-electron chi connectivity index (χ3n) is 4.03. The van der Waals surface area contributed by atoms with Gasteiger partial charge in [0.15, 0.2) is 0 Å². The first-order chi connectivity index (χ1) is 9.69. The van der Waals surface area contributed by atoms with Crippen LogP contribution >= 0.6 is 11.6 Å². The minimum atomic E-state index is 0.787. The van der Waals surface area contributed by atoms with E-state index < -0.39 is 0 Å². The average Bonchev–Trinajstić information content (AvgIpc) is 2.45. The molecule has 1 heterocycles. The Kier molecular flexibility index (Phi) is 6.18. The number of ether oxygens (including phenoxy) is 1. The third-order valence-corrected chi connectivity index (χ3v) is 4.40. The fraction of sp³-hybridized carbons (Fsp3) is 0.647. The van der Waals surface area contributed by atoms with E-state index in [0.717, 1.165) is 48.2 Å². The van der Waals surface area contributed by atoms with Gasteiger partial charge >= 0.3 is 0 Å². The molecule has 0 bridgehead atoms. The molecule has 1 aromatic rings. The Balaban J connectivity index is 1.70. The summed E-state index contributed by atoms with van der Waals surface area (Å²) in [4.78, 5) is 2.57. The highest BCUT2D eigenvalue weighted by molar-refractivity contribution is 6.31. The summed E-state index contributed by atoms with van der Waals surface area (Å²) in [5.41, 5.74) is 1.16. The van der Waals surface area contributed by atoms with E-state index in [1.807, 2.05) is 12.1 Å². The minimum Gasteiger partial charge on any atom is -0.494 e. The van der Waals surface area contributed by atoms with Gasteiger partial charge in [0.25, 0.3) is 0 Å². The molecule has 0 amide bonds. The van der Waals surface area contributed by atoms with Crippen LogP contribution in [-0.4, -0.2) is 31.1 Å². The van der Waals surface area contributed by atoms with Crippen molar-refractivity contribution in [2.45, 2.75) is 39.5 Å². The van der Waals surface area contributed by atoms with E-state index >= 15 is 0 Å². The second kappa shape index (κ2) is 7.90. The predicted octanol–water partition coefficient (Wildman–Crippen LogP) is 4.40. The molecule has 1 aliphatic heterocycles. The fourth-order valence-electron chi connectivity index (χ4n) is 2.88. The van der Waals surface area contributed by atoms with Gasteiger partial charge in [0.2, 0.25) is 0 Å². The molecule has 1 atom stereocenters. The highest BCUT2D eigenvalue weighted by Gasteiger charge is 2.15. The van der Waals surface area contributed by atoms with Gasteiger partial charge in [-0.3, -0.25) is 0 Å². The van der Waals surface area contributed by atoms with Gasteiger partial charge in [-0.1, -0.05) is 25.4 Å². The quantitative estimate of drug-likeness (QED) is 0.721. The lowest BCUT2D eigenvalue weighted by Gasteiger charge is -2.30. The van der Waals surface area contributed by atoms with Gasteiger partial charge in [0, 0.05) is 18.1 Å². The Labute approximate surface area is 128 Å². The summed E-state index contributed by atoms with van der Waals surface area (Å²) in [6.45, 7) is 8.91. The number of piperidine rings is 1. The molecule has 2 rings (SSSR count). The van der Waals surface area contributed by atoms with Crippen LogP contribution in [0.1, 0.15) is 38.7 Å². The molecule has 0 saturated carbocycles. The smallest absolute Gasteiger partial charge is 0.119 e. The Morgan fingerprint density at radius 2 is 2.25 bits per heavy atom. The van der Waals surface area contributed by atoms with Crippen molar-refractivity contribution in [2.24, 2.45) is 5.92 Å². The monoisotopic (exact) mass is 295 g/mol. The number of benzene rings is 1. The zero-order chi connectivity index (χ0) is 14.4. The molecule has 1 saturated heterocycles. The molecule has 0 radical (unpaired) electrons. The normalized spacial score (nSPS) is 20.1. The molecule has 0 aliphatic carbocycles. The predicted molar refractivity (Wildman–Crippen MR) is 85.8 cm³/mol. The van der Waals surface area contributed by atoms with Crippen molar-refractivity contribution in [3.8, 4) is 5.75 Å². The van der Waals surface area contributed by atoms with Crippen molar-refractivity contribution in [3.63, 3.8) is 0 Å². The molecule has 0 aromatic heterocycles. The van der Waals surface area contributed by atoms with E-state index in [1.54, 1.807) is 0 Å². The molecule has 0 N–H and O–H groups in total. The zero-order valence-corrected chi connectivity index (χ0v) is 13.5. The highest BCUT2D eigenvalue weighted by atomic mass is 35.5. The number of halogens is 1. The zero-order valence-electron chi connectivity index (χ0n) is 12.7. The Bertz CT molecular complexity index is 421. The lowest BCUT2D eigenvalue weighted by Crippen LogP contribution is -2.35. The molecule has 1 aliphatic rings. The summed E-state index contributed by atoms with van der Waals surface area (Å²) < 4.78 is 5.84. The number of hydrogen-bond acceptors (Lipinski definition) is 2. The van der Waals surface area contributed by atoms with Crippen LogP contribution in [0, 0.1) is 5.92 Å². The standard InChI is InChI=1S/C17H26ClNO/c1-3-15-12-16(7-8-17(15)18)20-11-5-10-19-9-4-6-14(2)13-19/h7-8,12,14H,3-6,9-11,13H2,1-2H3/t14-/m0/s1. The van der Waals surface area contributed by atoms with Crippen LogP contribution in [-0.2, 0) is 6.42 Å². The van der Waals surface area contributed by atoms with E-state index in [2.05, 4.69) is 24.8 Å². The lowest BCUT2D eigenvalue weighted by atomic mass is 10.0. The van der Waals surface area contributed by atoms with Gasteiger partial charge in [-0.05, 0) is 61.9 Å². The molecule has 1 aromatic carbocycles. The van der Waals surface area contributed by atoms with Gasteiger partial charge in [-0.2, -0.15) is 0 Å². The third kappa shape index (κ3) is 4.68. The first-order valence-corrected chi connectivity index (χ1v) is 8.20. The van der Waals surface area contributed by atoms with Crippen molar-refractivity contribution in [3.05, 3.63) is 28.8 Å². The SMILES string of the molecule is CCc1cc(OCCCN2CCC[C@H](C)C2)ccc1Cl. The molecule has 0 spiro atoms. The second-order valence-electron chi connectivity index (χ2n) is 5.86. The molecular formula is C17H26ClNO. The Morgan fingerprint density at radius 1 is 1.40 bits per heavy atom. The van der Waals surface area contributed by atoms with Gasteiger partial charge in [-0.25, -0.2) is 0 Å². The molecule has 20 heavy (non-hydrogen) atoms. The maximum Gasteiger partial charge on any atom is 0.119 e. The molecule has 112 valence electrons. The van der Waals surface area contributed by atoms with Gasteiger partial charge in [0.1, 0.15) is 5.75 Å². The van der Waals surface area contributed by atoms with Crippen LogP contribution in [0.3, 0.4) is 0 Å². The minimum absolute atomic E-state index is 0.787. The summed E-state index contributed by atoms with van der Waals surface area (Å²) in [7, 11) is 0. The second-order valence-corrected chi connectivity index (χ2v) is 6.26. The Hall–Kier alpha value is -0.730. The summed E-state index contributed by atoms with van der Waals surface area (Å²) in [5.74, 6) is 1.80. The van der Waals surface area contributed by atoms with Crippen molar-refractivity contribution < 1.29 is 4.74 Å². The van der Waals surface area contributed by atoms with Crippen LogP contribution < -0.4 is 4.74 Å². The summed E-state index contributed by atoms with van der Waals surface area (Å²) in [6.07, 6.45) is 4.77. The number of likely N-dealkylation sites (tertiary alicyclic amines) is 1. The van der Waals surface area contributed by atoms with Crippen molar-refractivity contribution in [1.29, 1.82) is 0 Å². The number of hydrogen-bond donors (Lipinski definition) is 0. The van der Waals surface area contributed by atoms with Crippen LogP contribution in [0.5, 0.6) is 5.75 Å². The molecule has 2 nitrogen and oxygen atoms in total. The van der Waals surface area contributed by atoms with E-state index in [4.69, 9.17) is 16.3 Å². The maximum absolute atomic E-state index is 6.11. The molecular weight excluding hydrogens is 270 g/mol. The van der Waals surface area contributed by atoms with E-state index in [0.29, 0.717) is 0 Å². The van der Waals surface area contributed by atoms with Crippen molar-refractivity contribution in [2.75, 3.05) is 26.2 Å². The average molecular weight is 296 g/mol. The first-order valence-electron chi connectivity index (χ1n) is 7.82. The van der Waals surface area contributed by atoms with E-state index in [-0.39, 0.29) is 0 Å². The van der Waals surface area contributed by atoms with Crippen LogP contribution in [0.2, 0.25) is 5.02 Å². The van der Waals surface area contributed by atoms with Crippen LogP contribution in [0.25, 0.3) is 0 Å². The molecule has 0 unspecified atom stereocenters. The summed E-state index contributed by atoms with van der Waals surface area (Å²) >= 11 is 6.11. The molecule has 1 fully saturated rings. The number of rotatable bonds is 6. The topological polar surface area (TPSA) is 12.5 Å². The summed E-state index contributed by atoms with van der Waals surface area (Å²) in [5, 5.41) is 0.835.